The van der Waals surface area contributed by atoms with Gasteiger partial charge in [-0.05, 0) is 49.8 Å². The monoisotopic (exact) mass is 310 g/mol. The van der Waals surface area contributed by atoms with Crippen LogP contribution < -0.4 is 11.1 Å². The average molecular weight is 311 g/mol. The second-order valence-corrected chi connectivity index (χ2v) is 6.17. The van der Waals surface area contributed by atoms with Gasteiger partial charge in [-0.1, -0.05) is 18.5 Å². The van der Waals surface area contributed by atoms with E-state index in [1.54, 1.807) is 0 Å². The van der Waals surface area contributed by atoms with E-state index in [1.807, 2.05) is 0 Å². The smallest absolute Gasteiger partial charge is 0.329 e. The molecular formula is C15H19ClN2O3. The Morgan fingerprint density at radius 2 is 2.00 bits per heavy atom. The van der Waals surface area contributed by atoms with Gasteiger partial charge in [-0.3, -0.25) is 4.79 Å². The number of carboxylic acid groups (broad SMARTS) is 1. The molecule has 6 heteroatoms. The fourth-order valence-electron chi connectivity index (χ4n) is 2.61. The van der Waals surface area contributed by atoms with Crippen molar-refractivity contribution in [2.45, 2.75) is 38.1 Å². The lowest BCUT2D eigenvalue weighted by atomic mass is 9.77. The summed E-state index contributed by atoms with van der Waals surface area (Å²) in [5, 5.41) is 12.5. The fraction of sp³-hybridized carbons (Fsp3) is 0.467. The van der Waals surface area contributed by atoms with Gasteiger partial charge in [0.2, 0.25) is 0 Å². The summed E-state index contributed by atoms with van der Waals surface area (Å²) in [5.41, 5.74) is 5.12. The molecule has 21 heavy (non-hydrogen) atoms. The third kappa shape index (κ3) is 3.29. The van der Waals surface area contributed by atoms with Gasteiger partial charge in [0.25, 0.3) is 5.91 Å². The number of carbonyl (C=O) groups is 2. The molecule has 0 unspecified atom stereocenters. The molecule has 0 atom stereocenters. The van der Waals surface area contributed by atoms with Crippen LogP contribution in [-0.4, -0.2) is 22.5 Å². The van der Waals surface area contributed by atoms with Gasteiger partial charge in [0, 0.05) is 5.56 Å². The molecule has 2 rings (SSSR count). The van der Waals surface area contributed by atoms with Crippen molar-refractivity contribution in [2.75, 3.05) is 5.73 Å². The molecule has 1 aliphatic carbocycles. The molecule has 1 aliphatic rings. The molecule has 1 aromatic carbocycles. The molecule has 0 heterocycles. The van der Waals surface area contributed by atoms with Gasteiger partial charge >= 0.3 is 5.97 Å². The quantitative estimate of drug-likeness (QED) is 0.748. The van der Waals surface area contributed by atoms with Crippen LogP contribution in [0.5, 0.6) is 0 Å². The number of nitrogens with two attached hydrogens (primary N) is 1. The maximum atomic E-state index is 12.3. The van der Waals surface area contributed by atoms with Gasteiger partial charge < -0.3 is 16.2 Å². The first-order valence-corrected chi connectivity index (χ1v) is 7.33. The number of aliphatic carboxylic acids is 1. The number of nitrogens with one attached hydrogen (secondary N) is 1. The normalized spacial score (nSPS) is 25.3. The van der Waals surface area contributed by atoms with Gasteiger partial charge in [-0.2, -0.15) is 0 Å². The number of halogens is 1. The highest BCUT2D eigenvalue weighted by Crippen LogP contribution is 2.32. The highest BCUT2D eigenvalue weighted by Gasteiger charge is 2.42. The third-order valence-electron chi connectivity index (χ3n) is 4.15. The number of rotatable bonds is 3. The second kappa shape index (κ2) is 5.93. The molecule has 1 amide bonds. The number of hydrogen-bond acceptors (Lipinski definition) is 3. The lowest BCUT2D eigenvalue weighted by molar-refractivity contribution is -0.146. The number of benzene rings is 1. The van der Waals surface area contributed by atoms with Crippen LogP contribution >= 0.6 is 11.6 Å². The molecule has 4 N–H and O–H groups in total. The van der Waals surface area contributed by atoms with Gasteiger partial charge in [-0.15, -0.1) is 0 Å². The fourth-order valence-corrected chi connectivity index (χ4v) is 2.79. The minimum absolute atomic E-state index is 0.282. The molecule has 0 aromatic heterocycles. The summed E-state index contributed by atoms with van der Waals surface area (Å²) in [4.78, 5) is 23.9. The lowest BCUT2D eigenvalue weighted by Gasteiger charge is -2.36. The van der Waals surface area contributed by atoms with Crippen LogP contribution in [0, 0.1) is 5.92 Å². The van der Waals surface area contributed by atoms with Crippen molar-refractivity contribution in [1.29, 1.82) is 0 Å². The molecule has 0 spiro atoms. The first-order chi connectivity index (χ1) is 9.84. The number of carboxylic acids is 1. The van der Waals surface area contributed by atoms with Crippen molar-refractivity contribution < 1.29 is 14.7 Å². The summed E-state index contributed by atoms with van der Waals surface area (Å²) in [6.07, 6.45) is 2.46. The minimum atomic E-state index is -1.18. The highest BCUT2D eigenvalue weighted by atomic mass is 35.5. The molecule has 1 saturated carbocycles. The maximum Gasteiger partial charge on any atom is 0.329 e. The third-order valence-corrected chi connectivity index (χ3v) is 4.48. The van der Waals surface area contributed by atoms with E-state index in [0.29, 0.717) is 30.0 Å². The lowest BCUT2D eigenvalue weighted by Crippen LogP contribution is -2.56. The van der Waals surface area contributed by atoms with Crippen LogP contribution in [0.4, 0.5) is 5.69 Å². The Hall–Kier alpha value is -1.75. The SMILES string of the molecule is CC1CCC(NC(=O)c2ccc(N)c(Cl)c2)(C(=O)O)CC1. The summed E-state index contributed by atoms with van der Waals surface area (Å²) in [6.45, 7) is 2.09. The first-order valence-electron chi connectivity index (χ1n) is 6.95. The van der Waals surface area contributed by atoms with Gasteiger partial charge in [0.15, 0.2) is 0 Å². The second-order valence-electron chi connectivity index (χ2n) is 5.76. The molecule has 0 radical (unpaired) electrons. The zero-order chi connectivity index (χ0) is 15.6. The summed E-state index contributed by atoms with van der Waals surface area (Å²) in [7, 11) is 0. The molecule has 0 saturated heterocycles. The zero-order valence-electron chi connectivity index (χ0n) is 11.9. The Kier molecular flexibility index (Phi) is 4.42. The first kappa shape index (κ1) is 15.6. The van der Waals surface area contributed by atoms with E-state index in [9.17, 15) is 14.7 Å². The van der Waals surface area contributed by atoms with Gasteiger partial charge in [-0.25, -0.2) is 4.79 Å². The zero-order valence-corrected chi connectivity index (χ0v) is 12.6. The van der Waals surface area contributed by atoms with Crippen molar-refractivity contribution >= 4 is 29.2 Å². The van der Waals surface area contributed by atoms with Crippen LogP contribution in [0.1, 0.15) is 43.0 Å². The Bertz CT molecular complexity index is 566. The number of amides is 1. The summed E-state index contributed by atoms with van der Waals surface area (Å²) in [6, 6.07) is 4.53. The van der Waals surface area contributed by atoms with E-state index >= 15 is 0 Å². The summed E-state index contributed by atoms with van der Waals surface area (Å²) < 4.78 is 0. The molecule has 5 nitrogen and oxygen atoms in total. The molecule has 114 valence electrons. The van der Waals surface area contributed by atoms with Gasteiger partial charge in [0.1, 0.15) is 5.54 Å². The van der Waals surface area contributed by atoms with Crippen molar-refractivity contribution in [3.05, 3.63) is 28.8 Å². The number of anilines is 1. The standard InChI is InChI=1S/C15H19ClN2O3/c1-9-4-6-15(7-5-9,14(20)21)18-13(19)10-2-3-12(17)11(16)8-10/h2-3,8-9H,4-7,17H2,1H3,(H,18,19)(H,20,21). The predicted molar refractivity (Wildman–Crippen MR) is 81.3 cm³/mol. The van der Waals surface area contributed by atoms with E-state index in [-0.39, 0.29) is 5.02 Å². The number of hydrogen-bond donors (Lipinski definition) is 3. The van der Waals surface area contributed by atoms with E-state index in [4.69, 9.17) is 17.3 Å². The highest BCUT2D eigenvalue weighted by molar-refractivity contribution is 6.33. The van der Waals surface area contributed by atoms with E-state index in [0.717, 1.165) is 12.8 Å². The predicted octanol–water partition coefficient (Wildman–Crippen LogP) is 2.69. The number of nitrogen functional groups attached to an aromatic ring is 1. The molecular weight excluding hydrogens is 292 g/mol. The Morgan fingerprint density at radius 3 is 2.52 bits per heavy atom. The number of carbonyl (C=O) groups excluding carboxylic acids is 1. The summed E-state index contributed by atoms with van der Waals surface area (Å²) >= 11 is 5.90. The van der Waals surface area contributed by atoms with E-state index in [1.165, 1.54) is 18.2 Å². The maximum absolute atomic E-state index is 12.3. The molecule has 0 aliphatic heterocycles. The van der Waals surface area contributed by atoms with E-state index in [2.05, 4.69) is 12.2 Å². The molecule has 1 aromatic rings. The Morgan fingerprint density at radius 1 is 1.38 bits per heavy atom. The topological polar surface area (TPSA) is 92.4 Å². The molecule has 0 bridgehead atoms. The average Bonchev–Trinajstić information content (AvgIpc) is 2.44. The van der Waals surface area contributed by atoms with Crippen LogP contribution in [0.2, 0.25) is 5.02 Å². The van der Waals surface area contributed by atoms with Gasteiger partial charge in [0.05, 0.1) is 10.7 Å². The summed E-state index contributed by atoms with van der Waals surface area (Å²) in [5.74, 6) is -0.932. The van der Waals surface area contributed by atoms with Crippen molar-refractivity contribution in [3.63, 3.8) is 0 Å². The van der Waals surface area contributed by atoms with E-state index < -0.39 is 17.4 Å². The van der Waals surface area contributed by atoms with Crippen LogP contribution in [0.3, 0.4) is 0 Å². The molecule has 1 fully saturated rings. The Labute approximate surface area is 128 Å². The Balaban J connectivity index is 2.19. The van der Waals surface area contributed by atoms with Crippen LogP contribution in [0.15, 0.2) is 18.2 Å². The van der Waals surface area contributed by atoms with Crippen molar-refractivity contribution in [1.82, 2.24) is 5.32 Å². The van der Waals surface area contributed by atoms with Crippen LogP contribution in [0.25, 0.3) is 0 Å². The largest absolute Gasteiger partial charge is 0.480 e. The van der Waals surface area contributed by atoms with Crippen molar-refractivity contribution in [2.24, 2.45) is 5.92 Å². The minimum Gasteiger partial charge on any atom is -0.480 e. The van der Waals surface area contributed by atoms with Crippen LogP contribution in [-0.2, 0) is 4.79 Å². The van der Waals surface area contributed by atoms with Crippen molar-refractivity contribution in [3.8, 4) is 0 Å².